The minimum absolute atomic E-state index is 0.253. The lowest BCUT2D eigenvalue weighted by molar-refractivity contribution is -0.127. The average molecular weight is 367 g/mol. The first kappa shape index (κ1) is 18.4. The van der Waals surface area contributed by atoms with Gasteiger partial charge in [-0.05, 0) is 31.2 Å². The van der Waals surface area contributed by atoms with Crippen LogP contribution >= 0.6 is 0 Å². The van der Waals surface area contributed by atoms with Crippen LogP contribution in [0.15, 0.2) is 59.5 Å². The van der Waals surface area contributed by atoms with Crippen LogP contribution in [0.2, 0.25) is 0 Å². The highest BCUT2D eigenvalue weighted by Gasteiger charge is 2.16. The number of pyridine rings is 1. The number of nitrogens with one attached hydrogen (secondary N) is 1. The normalized spacial score (nSPS) is 11.8. The van der Waals surface area contributed by atoms with Gasteiger partial charge < -0.3 is 10.1 Å². The Morgan fingerprint density at radius 3 is 2.63 bits per heavy atom. The van der Waals surface area contributed by atoms with Gasteiger partial charge in [0.1, 0.15) is 11.4 Å². The van der Waals surface area contributed by atoms with Crippen molar-refractivity contribution in [2.75, 3.05) is 6.54 Å². The number of carbonyl (C=O) groups is 1. The van der Waals surface area contributed by atoms with Gasteiger partial charge in [-0.2, -0.15) is 0 Å². The van der Waals surface area contributed by atoms with Crippen LogP contribution in [0.25, 0.3) is 11.5 Å². The topological polar surface area (TPSA) is 91.0 Å². The van der Waals surface area contributed by atoms with Gasteiger partial charge in [-0.1, -0.05) is 24.3 Å². The van der Waals surface area contributed by atoms with E-state index in [2.05, 4.69) is 15.4 Å². The van der Waals surface area contributed by atoms with Crippen LogP contribution < -0.4 is 15.7 Å². The van der Waals surface area contributed by atoms with Gasteiger partial charge >= 0.3 is 5.69 Å². The van der Waals surface area contributed by atoms with E-state index in [4.69, 9.17) is 4.74 Å². The molecule has 0 aliphatic rings. The van der Waals surface area contributed by atoms with Crippen LogP contribution in [0.1, 0.15) is 6.92 Å². The molecule has 8 nitrogen and oxygen atoms in total. The summed E-state index contributed by atoms with van der Waals surface area (Å²) in [6.07, 6.45) is 1.00. The van der Waals surface area contributed by atoms with Crippen molar-refractivity contribution in [3.8, 4) is 17.3 Å². The standard InChI is InChI=1S/C19H21N5O3/c1-14(27-15-8-4-3-5-9-15)18(25)21-12-13-24-19(26)23(2)17(22-24)16-10-6-7-11-20-16/h3-11,14H,12-13H2,1-2H3,(H,21,25). The number of hydrogen-bond acceptors (Lipinski definition) is 5. The SMILES string of the molecule is CC(Oc1ccccc1)C(=O)NCCn1nc(-c2ccccn2)n(C)c1=O. The second-order valence-corrected chi connectivity index (χ2v) is 5.97. The third-order valence-electron chi connectivity index (χ3n) is 3.98. The third-order valence-corrected chi connectivity index (χ3v) is 3.98. The summed E-state index contributed by atoms with van der Waals surface area (Å²) in [5.41, 5.74) is 0.350. The molecule has 0 bridgehead atoms. The molecule has 1 amide bonds. The lowest BCUT2D eigenvalue weighted by atomic mass is 10.3. The molecule has 0 spiro atoms. The lowest BCUT2D eigenvalue weighted by Crippen LogP contribution is -2.39. The first-order valence-electron chi connectivity index (χ1n) is 8.61. The minimum Gasteiger partial charge on any atom is -0.481 e. The van der Waals surface area contributed by atoms with E-state index in [9.17, 15) is 9.59 Å². The fourth-order valence-electron chi connectivity index (χ4n) is 2.54. The van der Waals surface area contributed by atoms with Crippen molar-refractivity contribution >= 4 is 5.91 Å². The molecule has 2 aromatic heterocycles. The van der Waals surface area contributed by atoms with E-state index in [1.54, 1.807) is 44.4 Å². The van der Waals surface area contributed by atoms with Crippen LogP contribution in [0, 0.1) is 0 Å². The maximum Gasteiger partial charge on any atom is 0.346 e. The van der Waals surface area contributed by atoms with Gasteiger partial charge in [0.2, 0.25) is 0 Å². The Hall–Kier alpha value is -3.42. The van der Waals surface area contributed by atoms with E-state index >= 15 is 0 Å². The predicted molar refractivity (Wildman–Crippen MR) is 100 cm³/mol. The van der Waals surface area contributed by atoms with Crippen molar-refractivity contribution < 1.29 is 9.53 Å². The van der Waals surface area contributed by atoms with E-state index in [1.807, 2.05) is 24.3 Å². The molecule has 0 saturated heterocycles. The predicted octanol–water partition coefficient (Wildman–Crippen LogP) is 1.23. The summed E-state index contributed by atoms with van der Waals surface area (Å²) in [5.74, 6) is 0.849. The highest BCUT2D eigenvalue weighted by atomic mass is 16.5. The number of ether oxygens (including phenoxy) is 1. The summed E-state index contributed by atoms with van der Waals surface area (Å²) in [6, 6.07) is 14.6. The Bertz CT molecular complexity index is 950. The number of hydrogen-bond donors (Lipinski definition) is 1. The maximum atomic E-state index is 12.3. The molecule has 1 atom stereocenters. The van der Waals surface area contributed by atoms with Crippen LogP contribution in [0.4, 0.5) is 0 Å². The van der Waals surface area contributed by atoms with Crippen molar-refractivity contribution in [3.05, 3.63) is 65.2 Å². The van der Waals surface area contributed by atoms with Gasteiger partial charge in [0.05, 0.1) is 6.54 Å². The number of benzene rings is 1. The molecule has 0 radical (unpaired) electrons. The molecule has 0 saturated carbocycles. The summed E-state index contributed by atoms with van der Waals surface area (Å²) in [7, 11) is 1.64. The van der Waals surface area contributed by atoms with Crippen LogP contribution in [0.3, 0.4) is 0 Å². The second-order valence-electron chi connectivity index (χ2n) is 5.97. The van der Waals surface area contributed by atoms with Gasteiger partial charge in [-0.25, -0.2) is 9.48 Å². The Morgan fingerprint density at radius 1 is 1.19 bits per heavy atom. The zero-order chi connectivity index (χ0) is 19.2. The molecule has 1 unspecified atom stereocenters. The van der Waals surface area contributed by atoms with E-state index in [-0.39, 0.29) is 24.7 Å². The molecule has 1 N–H and O–H groups in total. The third kappa shape index (κ3) is 4.41. The number of amides is 1. The summed E-state index contributed by atoms with van der Waals surface area (Å²) in [6.45, 7) is 2.19. The Balaban J connectivity index is 1.57. The smallest absolute Gasteiger partial charge is 0.346 e. The Kier molecular flexibility index (Phi) is 5.65. The minimum atomic E-state index is -0.642. The average Bonchev–Trinajstić information content (AvgIpc) is 2.98. The quantitative estimate of drug-likeness (QED) is 0.678. The highest BCUT2D eigenvalue weighted by Crippen LogP contribution is 2.11. The Labute approximate surface area is 156 Å². The van der Waals surface area contributed by atoms with Gasteiger partial charge in [0, 0.05) is 19.8 Å². The number of aromatic nitrogens is 4. The molecule has 1 aromatic carbocycles. The Morgan fingerprint density at radius 2 is 1.93 bits per heavy atom. The second kappa shape index (κ2) is 8.31. The molecular weight excluding hydrogens is 346 g/mol. The molecule has 27 heavy (non-hydrogen) atoms. The zero-order valence-corrected chi connectivity index (χ0v) is 15.2. The van der Waals surface area contributed by atoms with Gasteiger partial charge in [-0.15, -0.1) is 5.10 Å². The molecule has 0 fully saturated rings. The molecule has 140 valence electrons. The molecule has 0 aliphatic heterocycles. The summed E-state index contributed by atoms with van der Waals surface area (Å²) >= 11 is 0. The molecule has 2 heterocycles. The van der Waals surface area contributed by atoms with E-state index < -0.39 is 6.10 Å². The maximum absolute atomic E-state index is 12.3. The van der Waals surface area contributed by atoms with Crippen LogP contribution in [-0.4, -0.2) is 37.9 Å². The van der Waals surface area contributed by atoms with Gasteiger partial charge in [0.15, 0.2) is 11.9 Å². The van der Waals surface area contributed by atoms with E-state index in [1.165, 1.54) is 9.25 Å². The monoisotopic (exact) mass is 367 g/mol. The van der Waals surface area contributed by atoms with Crippen molar-refractivity contribution in [3.63, 3.8) is 0 Å². The lowest BCUT2D eigenvalue weighted by Gasteiger charge is -2.14. The zero-order valence-electron chi connectivity index (χ0n) is 15.2. The number of carbonyl (C=O) groups excluding carboxylic acids is 1. The van der Waals surface area contributed by atoms with E-state index in [0.717, 1.165) is 0 Å². The van der Waals surface area contributed by atoms with Crippen molar-refractivity contribution in [2.45, 2.75) is 19.6 Å². The van der Waals surface area contributed by atoms with Crippen molar-refractivity contribution in [2.24, 2.45) is 7.05 Å². The molecule has 3 aromatic rings. The molecule has 0 aliphatic carbocycles. The molecule has 8 heteroatoms. The first-order chi connectivity index (χ1) is 13.1. The highest BCUT2D eigenvalue weighted by molar-refractivity contribution is 5.80. The van der Waals surface area contributed by atoms with Gasteiger partial charge in [0.25, 0.3) is 5.91 Å². The van der Waals surface area contributed by atoms with Gasteiger partial charge in [-0.3, -0.25) is 14.3 Å². The van der Waals surface area contributed by atoms with Crippen molar-refractivity contribution in [1.82, 2.24) is 24.6 Å². The largest absolute Gasteiger partial charge is 0.481 e. The number of rotatable bonds is 7. The van der Waals surface area contributed by atoms with Crippen LogP contribution in [-0.2, 0) is 18.4 Å². The molecular formula is C19H21N5O3. The summed E-state index contributed by atoms with van der Waals surface area (Å²) in [4.78, 5) is 28.7. The van der Waals surface area contributed by atoms with Crippen molar-refractivity contribution in [1.29, 1.82) is 0 Å². The fraction of sp³-hybridized carbons (Fsp3) is 0.263. The fourth-order valence-corrected chi connectivity index (χ4v) is 2.54. The molecule has 3 rings (SSSR count). The van der Waals surface area contributed by atoms with E-state index in [0.29, 0.717) is 17.3 Å². The summed E-state index contributed by atoms with van der Waals surface area (Å²) in [5, 5.41) is 7.07. The van der Waals surface area contributed by atoms with Crippen LogP contribution in [0.5, 0.6) is 5.75 Å². The first-order valence-corrected chi connectivity index (χ1v) is 8.61. The number of para-hydroxylation sites is 1. The summed E-state index contributed by atoms with van der Waals surface area (Å²) < 4.78 is 8.32. The number of nitrogens with zero attached hydrogens (tertiary/aromatic N) is 4.